The third kappa shape index (κ3) is 3.78. The number of aryl methyl sites for hydroxylation is 1. The van der Waals surface area contributed by atoms with Gasteiger partial charge in [0.15, 0.2) is 0 Å². The summed E-state index contributed by atoms with van der Waals surface area (Å²) in [4.78, 5) is 15.9. The Morgan fingerprint density at radius 3 is 2.60 bits per heavy atom. The van der Waals surface area contributed by atoms with Crippen LogP contribution in [0.2, 0.25) is 0 Å². The van der Waals surface area contributed by atoms with Crippen molar-refractivity contribution in [3.63, 3.8) is 0 Å². The van der Waals surface area contributed by atoms with Crippen molar-refractivity contribution in [2.75, 3.05) is 5.32 Å². The van der Waals surface area contributed by atoms with Gasteiger partial charge >= 0.3 is 6.03 Å². The Bertz CT molecular complexity index is 598. The van der Waals surface area contributed by atoms with E-state index in [1.54, 1.807) is 30.5 Å². The molecule has 2 amide bonds. The zero-order valence-electron chi connectivity index (χ0n) is 11.4. The van der Waals surface area contributed by atoms with E-state index >= 15 is 0 Å². The largest absolute Gasteiger partial charge is 0.331 e. The SMILES string of the molecule is Cc1cc(NC(=O)NC(C)c2ccc(F)cc2)ccn1. The molecule has 0 saturated heterocycles. The lowest BCUT2D eigenvalue weighted by atomic mass is 10.1. The Labute approximate surface area is 117 Å². The highest BCUT2D eigenvalue weighted by Gasteiger charge is 2.09. The summed E-state index contributed by atoms with van der Waals surface area (Å²) < 4.78 is 12.8. The average molecular weight is 273 g/mol. The molecule has 0 radical (unpaired) electrons. The predicted octanol–water partition coefficient (Wildman–Crippen LogP) is 3.41. The van der Waals surface area contributed by atoms with Crippen molar-refractivity contribution >= 4 is 11.7 Å². The second kappa shape index (κ2) is 6.14. The summed E-state index contributed by atoms with van der Waals surface area (Å²) in [6.45, 7) is 3.69. The third-order valence-corrected chi connectivity index (χ3v) is 2.87. The molecule has 2 N–H and O–H groups in total. The number of halogens is 1. The van der Waals surface area contributed by atoms with Gasteiger partial charge in [-0.05, 0) is 43.7 Å². The van der Waals surface area contributed by atoms with Crippen LogP contribution in [-0.4, -0.2) is 11.0 Å². The fraction of sp³-hybridized carbons (Fsp3) is 0.200. The molecule has 2 aromatic rings. The van der Waals surface area contributed by atoms with Crippen LogP contribution < -0.4 is 10.6 Å². The first kappa shape index (κ1) is 14.0. The molecule has 1 atom stereocenters. The standard InChI is InChI=1S/C15H16FN3O/c1-10-9-14(7-8-17-10)19-15(20)18-11(2)12-3-5-13(16)6-4-12/h3-9,11H,1-2H3,(H2,17,18,19,20). The Morgan fingerprint density at radius 1 is 1.25 bits per heavy atom. The van der Waals surface area contributed by atoms with Gasteiger partial charge in [-0.2, -0.15) is 0 Å². The van der Waals surface area contributed by atoms with Gasteiger partial charge in [0.2, 0.25) is 0 Å². The zero-order chi connectivity index (χ0) is 14.5. The van der Waals surface area contributed by atoms with Gasteiger partial charge in [0, 0.05) is 17.6 Å². The summed E-state index contributed by atoms with van der Waals surface area (Å²) >= 11 is 0. The number of carbonyl (C=O) groups is 1. The molecule has 0 bridgehead atoms. The molecule has 0 fully saturated rings. The van der Waals surface area contributed by atoms with E-state index in [0.717, 1.165) is 11.3 Å². The molecule has 0 spiro atoms. The lowest BCUT2D eigenvalue weighted by Gasteiger charge is -2.15. The molecule has 4 nitrogen and oxygen atoms in total. The van der Waals surface area contributed by atoms with E-state index in [2.05, 4.69) is 15.6 Å². The van der Waals surface area contributed by atoms with E-state index < -0.39 is 0 Å². The Kier molecular flexibility index (Phi) is 4.30. The Hall–Kier alpha value is -2.43. The average Bonchev–Trinajstić information content (AvgIpc) is 2.39. The molecule has 0 aliphatic carbocycles. The quantitative estimate of drug-likeness (QED) is 0.900. The van der Waals surface area contributed by atoms with Gasteiger partial charge in [-0.25, -0.2) is 9.18 Å². The fourth-order valence-corrected chi connectivity index (χ4v) is 1.82. The molecule has 1 heterocycles. The van der Waals surface area contributed by atoms with Crippen molar-refractivity contribution in [3.8, 4) is 0 Å². The van der Waals surface area contributed by atoms with Crippen LogP contribution in [0.5, 0.6) is 0 Å². The van der Waals surface area contributed by atoms with Gasteiger partial charge in [0.05, 0.1) is 6.04 Å². The predicted molar refractivity (Wildman–Crippen MR) is 75.9 cm³/mol. The van der Waals surface area contributed by atoms with E-state index in [0.29, 0.717) is 5.69 Å². The van der Waals surface area contributed by atoms with Crippen LogP contribution in [0.15, 0.2) is 42.6 Å². The first-order valence-electron chi connectivity index (χ1n) is 6.30. The van der Waals surface area contributed by atoms with Crippen LogP contribution in [0, 0.1) is 12.7 Å². The van der Waals surface area contributed by atoms with Gasteiger partial charge in [0.1, 0.15) is 5.82 Å². The molecule has 104 valence electrons. The van der Waals surface area contributed by atoms with Gasteiger partial charge in [0.25, 0.3) is 0 Å². The van der Waals surface area contributed by atoms with Gasteiger partial charge < -0.3 is 10.6 Å². The molecule has 0 aliphatic rings. The van der Waals surface area contributed by atoms with Gasteiger partial charge in [-0.15, -0.1) is 0 Å². The number of anilines is 1. The molecular formula is C15H16FN3O. The molecule has 0 saturated carbocycles. The minimum Gasteiger partial charge on any atom is -0.331 e. The Balaban J connectivity index is 1.95. The third-order valence-electron chi connectivity index (χ3n) is 2.87. The molecule has 5 heteroatoms. The second-order valence-corrected chi connectivity index (χ2v) is 4.56. The van der Waals surface area contributed by atoms with Crippen molar-refractivity contribution in [3.05, 3.63) is 59.7 Å². The van der Waals surface area contributed by atoms with Crippen LogP contribution in [0.25, 0.3) is 0 Å². The van der Waals surface area contributed by atoms with Crippen molar-refractivity contribution in [1.82, 2.24) is 10.3 Å². The van der Waals surface area contributed by atoms with Crippen LogP contribution >= 0.6 is 0 Å². The lowest BCUT2D eigenvalue weighted by Crippen LogP contribution is -2.31. The molecule has 20 heavy (non-hydrogen) atoms. The Morgan fingerprint density at radius 2 is 1.95 bits per heavy atom. The van der Waals surface area contributed by atoms with E-state index in [1.165, 1.54) is 12.1 Å². The maximum absolute atomic E-state index is 12.8. The van der Waals surface area contributed by atoms with Crippen molar-refractivity contribution in [2.45, 2.75) is 19.9 Å². The topological polar surface area (TPSA) is 54.0 Å². The lowest BCUT2D eigenvalue weighted by molar-refractivity contribution is 0.249. The number of amides is 2. The monoisotopic (exact) mass is 273 g/mol. The summed E-state index contributed by atoms with van der Waals surface area (Å²) in [5, 5.41) is 5.52. The molecule has 2 rings (SSSR count). The summed E-state index contributed by atoms with van der Waals surface area (Å²) in [6.07, 6.45) is 1.63. The molecular weight excluding hydrogens is 257 g/mol. The number of urea groups is 1. The number of pyridine rings is 1. The maximum Gasteiger partial charge on any atom is 0.319 e. The number of nitrogens with one attached hydrogen (secondary N) is 2. The number of aromatic nitrogens is 1. The fourth-order valence-electron chi connectivity index (χ4n) is 1.82. The van der Waals surface area contributed by atoms with Crippen molar-refractivity contribution in [1.29, 1.82) is 0 Å². The number of benzene rings is 1. The summed E-state index contributed by atoms with van der Waals surface area (Å²) in [7, 11) is 0. The number of nitrogens with zero attached hydrogens (tertiary/aromatic N) is 1. The second-order valence-electron chi connectivity index (χ2n) is 4.56. The number of hydrogen-bond donors (Lipinski definition) is 2. The number of hydrogen-bond acceptors (Lipinski definition) is 2. The number of rotatable bonds is 3. The first-order valence-corrected chi connectivity index (χ1v) is 6.30. The summed E-state index contributed by atoms with van der Waals surface area (Å²) in [5.74, 6) is -0.294. The highest BCUT2D eigenvalue weighted by atomic mass is 19.1. The first-order chi connectivity index (χ1) is 9.54. The van der Waals surface area contributed by atoms with Crippen LogP contribution in [-0.2, 0) is 0 Å². The van der Waals surface area contributed by atoms with Gasteiger partial charge in [-0.1, -0.05) is 12.1 Å². The van der Waals surface area contributed by atoms with E-state index in [9.17, 15) is 9.18 Å². The van der Waals surface area contributed by atoms with Crippen LogP contribution in [0.1, 0.15) is 24.2 Å². The van der Waals surface area contributed by atoms with Crippen molar-refractivity contribution in [2.24, 2.45) is 0 Å². The molecule has 1 aromatic heterocycles. The van der Waals surface area contributed by atoms with Crippen LogP contribution in [0.4, 0.5) is 14.9 Å². The van der Waals surface area contributed by atoms with E-state index in [4.69, 9.17) is 0 Å². The van der Waals surface area contributed by atoms with Gasteiger partial charge in [-0.3, -0.25) is 4.98 Å². The smallest absolute Gasteiger partial charge is 0.319 e. The molecule has 1 unspecified atom stereocenters. The highest BCUT2D eigenvalue weighted by molar-refractivity contribution is 5.89. The van der Waals surface area contributed by atoms with Crippen molar-refractivity contribution < 1.29 is 9.18 Å². The normalized spacial score (nSPS) is 11.8. The minimum absolute atomic E-state index is 0.210. The minimum atomic E-state index is -0.313. The van der Waals surface area contributed by atoms with Crippen LogP contribution in [0.3, 0.4) is 0 Å². The summed E-state index contributed by atoms with van der Waals surface area (Å²) in [6, 6.07) is 9.02. The van der Waals surface area contributed by atoms with E-state index in [-0.39, 0.29) is 17.9 Å². The zero-order valence-corrected chi connectivity index (χ0v) is 11.4. The molecule has 0 aliphatic heterocycles. The molecule has 1 aromatic carbocycles. The summed E-state index contributed by atoms with van der Waals surface area (Å²) in [5.41, 5.74) is 2.35. The maximum atomic E-state index is 12.8. The van der Waals surface area contributed by atoms with E-state index in [1.807, 2.05) is 13.8 Å². The number of carbonyl (C=O) groups excluding carboxylic acids is 1. The highest BCUT2D eigenvalue weighted by Crippen LogP contribution is 2.13.